The Kier molecular flexibility index (Phi) is 4.59. The number of nitrogens with zero attached hydrogens (tertiary/aromatic N) is 2. The molecule has 0 aliphatic carbocycles. The number of benzene rings is 1. The van der Waals surface area contributed by atoms with Gasteiger partial charge >= 0.3 is 0 Å². The van der Waals surface area contributed by atoms with E-state index in [9.17, 15) is 14.3 Å². The van der Waals surface area contributed by atoms with E-state index in [1.54, 1.807) is 12.3 Å². The smallest absolute Gasteiger partial charge is 0.296 e. The van der Waals surface area contributed by atoms with Gasteiger partial charge in [0.1, 0.15) is 11.4 Å². The number of rotatable bonds is 4. The van der Waals surface area contributed by atoms with Crippen molar-refractivity contribution in [1.82, 2.24) is 0 Å². The molecule has 0 N–H and O–H groups in total. The highest BCUT2D eigenvalue weighted by molar-refractivity contribution is 7.84. The van der Waals surface area contributed by atoms with Crippen LogP contribution >= 0.6 is 0 Å². The molecule has 1 fully saturated rings. The second-order valence-corrected chi connectivity index (χ2v) is 6.10. The molecule has 7 heteroatoms. The fraction of sp³-hybridized carbons (Fsp3) is 0.538. The van der Waals surface area contributed by atoms with Crippen molar-refractivity contribution in [2.24, 2.45) is 0 Å². The van der Waals surface area contributed by atoms with Gasteiger partial charge in [-0.15, -0.1) is 0 Å². The van der Waals surface area contributed by atoms with Gasteiger partial charge in [-0.05, 0) is 25.3 Å². The summed E-state index contributed by atoms with van der Waals surface area (Å²) in [5, 5.41) is 11.3. The van der Waals surface area contributed by atoms with Crippen LogP contribution in [-0.4, -0.2) is 35.6 Å². The van der Waals surface area contributed by atoms with Crippen molar-refractivity contribution in [3.63, 3.8) is 0 Å². The number of nitro groups is 1. The molecule has 1 unspecified atom stereocenters. The molecule has 0 bridgehead atoms. The molecule has 0 radical (unpaired) electrons. The lowest BCUT2D eigenvalue weighted by molar-refractivity contribution is -0.384. The topological polar surface area (TPSA) is 72.7 Å². The molecule has 0 aromatic heterocycles. The van der Waals surface area contributed by atoms with E-state index in [4.69, 9.17) is 4.74 Å². The molecule has 2 rings (SSSR count). The fourth-order valence-corrected chi connectivity index (χ4v) is 3.16. The van der Waals surface area contributed by atoms with Crippen molar-refractivity contribution < 1.29 is 13.9 Å². The highest BCUT2D eigenvalue weighted by Crippen LogP contribution is 2.37. The summed E-state index contributed by atoms with van der Waals surface area (Å²) < 4.78 is 16.9. The van der Waals surface area contributed by atoms with Crippen LogP contribution in [0.15, 0.2) is 17.0 Å². The second kappa shape index (κ2) is 6.21. The zero-order valence-corrected chi connectivity index (χ0v) is 12.4. The molecule has 1 heterocycles. The molecule has 110 valence electrons. The molecule has 1 aromatic carbocycles. The molecule has 6 nitrogen and oxygen atoms in total. The normalized spacial score (nSPS) is 16.8. The maximum atomic E-state index is 11.8. The van der Waals surface area contributed by atoms with Crippen LogP contribution in [0.25, 0.3) is 0 Å². The van der Waals surface area contributed by atoms with E-state index in [1.807, 2.05) is 4.90 Å². The first-order chi connectivity index (χ1) is 9.54. The number of hydrogen-bond acceptors (Lipinski definition) is 5. The van der Waals surface area contributed by atoms with E-state index in [1.165, 1.54) is 13.2 Å². The zero-order chi connectivity index (χ0) is 14.7. The minimum Gasteiger partial charge on any atom is -0.495 e. The van der Waals surface area contributed by atoms with Gasteiger partial charge < -0.3 is 9.64 Å². The minimum absolute atomic E-state index is 0.0120. The molecule has 1 aliphatic heterocycles. The Balaban J connectivity index is 2.54. The summed E-state index contributed by atoms with van der Waals surface area (Å²) in [6, 6.07) is 3.01. The Morgan fingerprint density at radius 1 is 1.30 bits per heavy atom. The van der Waals surface area contributed by atoms with Gasteiger partial charge in [-0.25, -0.2) is 0 Å². The number of ether oxygens (including phenoxy) is 1. The van der Waals surface area contributed by atoms with Crippen LogP contribution in [0.5, 0.6) is 5.75 Å². The molecule has 0 amide bonds. The Morgan fingerprint density at radius 2 is 1.95 bits per heavy atom. The molecule has 1 saturated heterocycles. The van der Waals surface area contributed by atoms with Crippen LogP contribution in [0, 0.1) is 10.1 Å². The first-order valence-corrected chi connectivity index (χ1v) is 8.05. The van der Waals surface area contributed by atoms with Gasteiger partial charge in [0, 0.05) is 19.3 Å². The average molecular weight is 298 g/mol. The van der Waals surface area contributed by atoms with Crippen LogP contribution in [-0.2, 0) is 10.8 Å². The van der Waals surface area contributed by atoms with Crippen molar-refractivity contribution in [1.29, 1.82) is 0 Å². The van der Waals surface area contributed by atoms with Gasteiger partial charge in [0.15, 0.2) is 0 Å². The van der Waals surface area contributed by atoms with Crippen molar-refractivity contribution in [2.45, 2.75) is 24.2 Å². The molecule has 0 saturated carbocycles. The lowest BCUT2D eigenvalue weighted by atomic mass is 10.1. The van der Waals surface area contributed by atoms with Crippen molar-refractivity contribution in [3.8, 4) is 5.75 Å². The van der Waals surface area contributed by atoms with Gasteiger partial charge in [-0.2, -0.15) is 0 Å². The van der Waals surface area contributed by atoms with Crippen LogP contribution in [0.1, 0.15) is 19.3 Å². The zero-order valence-electron chi connectivity index (χ0n) is 11.6. The van der Waals surface area contributed by atoms with E-state index >= 15 is 0 Å². The lowest BCUT2D eigenvalue weighted by Crippen LogP contribution is -2.30. The summed E-state index contributed by atoms with van der Waals surface area (Å²) in [6.07, 6.45) is 4.73. The SMILES string of the molecule is COc1cc([N+](=O)[O-])c(N2CCCCC2)cc1S(C)=O. The maximum absolute atomic E-state index is 11.8. The number of nitro benzene ring substituents is 1. The number of methoxy groups -OCH3 is 1. The van der Waals surface area contributed by atoms with Crippen molar-refractivity contribution in [2.75, 3.05) is 31.4 Å². The molecular formula is C13H18N2O4S. The summed E-state index contributed by atoms with van der Waals surface area (Å²) in [6.45, 7) is 1.59. The van der Waals surface area contributed by atoms with E-state index in [0.717, 1.165) is 32.4 Å². The third-order valence-corrected chi connectivity index (χ3v) is 4.40. The number of hydrogen-bond donors (Lipinski definition) is 0. The largest absolute Gasteiger partial charge is 0.495 e. The van der Waals surface area contributed by atoms with Crippen LogP contribution in [0.3, 0.4) is 0 Å². The van der Waals surface area contributed by atoms with Crippen LogP contribution in [0.4, 0.5) is 11.4 Å². The highest BCUT2D eigenvalue weighted by atomic mass is 32.2. The molecule has 1 atom stereocenters. The molecule has 1 aromatic rings. The van der Waals surface area contributed by atoms with Crippen molar-refractivity contribution >= 4 is 22.2 Å². The van der Waals surface area contributed by atoms with E-state index in [2.05, 4.69) is 0 Å². The number of piperidine rings is 1. The summed E-state index contributed by atoms with van der Waals surface area (Å²) in [5.74, 6) is 0.304. The Bertz CT molecular complexity index is 541. The van der Waals surface area contributed by atoms with Crippen LogP contribution < -0.4 is 9.64 Å². The monoisotopic (exact) mass is 298 g/mol. The summed E-state index contributed by atoms with van der Waals surface area (Å²) in [5.41, 5.74) is 0.554. The predicted octanol–water partition coefficient (Wildman–Crippen LogP) is 2.33. The predicted molar refractivity (Wildman–Crippen MR) is 78.0 cm³/mol. The summed E-state index contributed by atoms with van der Waals surface area (Å²) in [4.78, 5) is 13.3. The van der Waals surface area contributed by atoms with E-state index in [0.29, 0.717) is 16.3 Å². The van der Waals surface area contributed by atoms with Gasteiger partial charge in [-0.3, -0.25) is 14.3 Å². The molecule has 20 heavy (non-hydrogen) atoms. The average Bonchev–Trinajstić information content (AvgIpc) is 2.46. The van der Waals surface area contributed by atoms with E-state index in [-0.39, 0.29) is 5.69 Å². The summed E-state index contributed by atoms with van der Waals surface area (Å²) in [7, 11) is 0.176. The lowest BCUT2D eigenvalue weighted by Gasteiger charge is -2.28. The van der Waals surface area contributed by atoms with E-state index < -0.39 is 15.7 Å². The maximum Gasteiger partial charge on any atom is 0.296 e. The third-order valence-electron chi connectivity index (χ3n) is 3.46. The first-order valence-electron chi connectivity index (χ1n) is 6.49. The Hall–Kier alpha value is -1.63. The van der Waals surface area contributed by atoms with Gasteiger partial charge in [-0.1, -0.05) is 0 Å². The first kappa shape index (κ1) is 14.8. The minimum atomic E-state index is -1.25. The molecule has 1 aliphatic rings. The van der Waals surface area contributed by atoms with Gasteiger partial charge in [0.05, 0.1) is 33.8 Å². The Morgan fingerprint density at radius 3 is 2.45 bits per heavy atom. The van der Waals surface area contributed by atoms with Crippen LogP contribution in [0.2, 0.25) is 0 Å². The highest BCUT2D eigenvalue weighted by Gasteiger charge is 2.25. The quantitative estimate of drug-likeness (QED) is 0.630. The molecular weight excluding hydrogens is 280 g/mol. The van der Waals surface area contributed by atoms with Gasteiger partial charge in [0.2, 0.25) is 0 Å². The standard InChI is InChI=1S/C13H18N2O4S/c1-19-12-8-11(15(16)17)10(9-13(12)20(2)18)14-6-4-3-5-7-14/h8-9H,3-7H2,1-2H3. The molecule has 0 spiro atoms. The van der Waals surface area contributed by atoms with Gasteiger partial charge in [0.25, 0.3) is 5.69 Å². The fourth-order valence-electron chi connectivity index (χ4n) is 2.46. The Labute approximate surface area is 120 Å². The summed E-state index contributed by atoms with van der Waals surface area (Å²) >= 11 is 0. The van der Waals surface area contributed by atoms with Crippen molar-refractivity contribution in [3.05, 3.63) is 22.2 Å². The third kappa shape index (κ3) is 2.92. The number of anilines is 1. The second-order valence-electron chi connectivity index (χ2n) is 4.75.